The zero-order valence-corrected chi connectivity index (χ0v) is 16.0. The van der Waals surface area contributed by atoms with Crippen LogP contribution in [-0.4, -0.2) is 26.4 Å². The standard InChI is InChI=1S/C19H19N3O4S/c1-10(18(25)26)8-13-4-6-14(7-5-13)21-16(23)15-9-20-19-22(17(15)24)11(2)12(3)27-19/h4-7,9-10H,8H2,1-3H3,(H,21,23)(H,25,26). The lowest BCUT2D eigenvalue weighted by molar-refractivity contribution is -0.141. The smallest absolute Gasteiger partial charge is 0.306 e. The van der Waals surface area contributed by atoms with Gasteiger partial charge in [0, 0.05) is 22.5 Å². The first-order valence-corrected chi connectivity index (χ1v) is 9.20. The Morgan fingerprint density at radius 2 is 1.93 bits per heavy atom. The lowest BCUT2D eigenvalue weighted by Crippen LogP contribution is -2.26. The number of amides is 1. The number of thiazole rings is 1. The summed E-state index contributed by atoms with van der Waals surface area (Å²) in [6, 6.07) is 6.89. The lowest BCUT2D eigenvalue weighted by atomic mass is 10.0. The van der Waals surface area contributed by atoms with Crippen molar-refractivity contribution < 1.29 is 14.7 Å². The quantitative estimate of drug-likeness (QED) is 0.703. The number of rotatable bonds is 5. The fourth-order valence-corrected chi connectivity index (χ4v) is 3.62. The average Bonchev–Trinajstić information content (AvgIpc) is 2.91. The molecule has 0 aliphatic heterocycles. The molecule has 0 aliphatic carbocycles. The number of nitrogens with one attached hydrogen (secondary N) is 1. The first kappa shape index (κ1) is 18.8. The number of hydrogen-bond donors (Lipinski definition) is 2. The van der Waals surface area contributed by atoms with Gasteiger partial charge in [-0.05, 0) is 38.0 Å². The van der Waals surface area contributed by atoms with Crippen molar-refractivity contribution in [2.45, 2.75) is 27.2 Å². The van der Waals surface area contributed by atoms with E-state index in [4.69, 9.17) is 5.11 Å². The number of nitrogens with zero attached hydrogens (tertiary/aromatic N) is 2. The molecule has 1 aromatic carbocycles. The minimum atomic E-state index is -0.852. The Kier molecular flexibility index (Phi) is 5.09. The number of aromatic nitrogens is 2. The molecule has 140 valence electrons. The minimum Gasteiger partial charge on any atom is -0.481 e. The predicted molar refractivity (Wildman–Crippen MR) is 104 cm³/mol. The van der Waals surface area contributed by atoms with Gasteiger partial charge < -0.3 is 10.4 Å². The highest BCUT2D eigenvalue weighted by molar-refractivity contribution is 7.17. The molecule has 0 saturated carbocycles. The summed E-state index contributed by atoms with van der Waals surface area (Å²) in [6.45, 7) is 5.36. The summed E-state index contributed by atoms with van der Waals surface area (Å²) in [4.78, 5) is 41.8. The summed E-state index contributed by atoms with van der Waals surface area (Å²) in [6.07, 6.45) is 1.70. The molecule has 1 amide bonds. The van der Waals surface area contributed by atoms with E-state index >= 15 is 0 Å². The third-order valence-corrected chi connectivity index (χ3v) is 5.51. The molecule has 0 bridgehead atoms. The number of carbonyl (C=O) groups excluding carboxylic acids is 1. The summed E-state index contributed by atoms with van der Waals surface area (Å²) in [5, 5.41) is 11.7. The Hall–Kier alpha value is -3.00. The number of aliphatic carboxylic acids is 1. The average molecular weight is 385 g/mol. The molecule has 0 saturated heterocycles. The van der Waals surface area contributed by atoms with E-state index in [-0.39, 0.29) is 5.56 Å². The van der Waals surface area contributed by atoms with E-state index in [2.05, 4.69) is 10.3 Å². The molecule has 1 unspecified atom stereocenters. The molecule has 3 rings (SSSR count). The van der Waals surface area contributed by atoms with Gasteiger partial charge in [-0.15, -0.1) is 11.3 Å². The van der Waals surface area contributed by atoms with Gasteiger partial charge in [-0.25, -0.2) is 4.98 Å². The maximum absolute atomic E-state index is 12.6. The van der Waals surface area contributed by atoms with Crippen LogP contribution in [0.4, 0.5) is 5.69 Å². The van der Waals surface area contributed by atoms with E-state index in [1.165, 1.54) is 21.9 Å². The van der Waals surface area contributed by atoms with Crippen LogP contribution in [0.25, 0.3) is 4.96 Å². The SMILES string of the molecule is Cc1sc2ncc(C(=O)Nc3ccc(CC(C)C(=O)O)cc3)c(=O)n2c1C. The van der Waals surface area contributed by atoms with Gasteiger partial charge in [0.25, 0.3) is 11.5 Å². The molecule has 3 aromatic rings. The van der Waals surface area contributed by atoms with Crippen molar-refractivity contribution >= 4 is 33.9 Å². The monoisotopic (exact) mass is 385 g/mol. The zero-order valence-electron chi connectivity index (χ0n) is 15.1. The van der Waals surface area contributed by atoms with Gasteiger partial charge >= 0.3 is 5.97 Å². The number of hydrogen-bond acceptors (Lipinski definition) is 5. The van der Waals surface area contributed by atoms with Gasteiger partial charge in [0.05, 0.1) is 5.92 Å². The second-order valence-corrected chi connectivity index (χ2v) is 7.61. The van der Waals surface area contributed by atoms with Crippen molar-refractivity contribution in [2.24, 2.45) is 5.92 Å². The van der Waals surface area contributed by atoms with Crippen LogP contribution in [0.3, 0.4) is 0 Å². The van der Waals surface area contributed by atoms with Crippen molar-refractivity contribution in [3.8, 4) is 0 Å². The number of fused-ring (bicyclic) bond motifs is 1. The summed E-state index contributed by atoms with van der Waals surface area (Å²) in [7, 11) is 0. The third-order valence-electron chi connectivity index (χ3n) is 4.44. The number of carboxylic acid groups (broad SMARTS) is 1. The maximum atomic E-state index is 12.6. The largest absolute Gasteiger partial charge is 0.481 e. The molecule has 27 heavy (non-hydrogen) atoms. The van der Waals surface area contributed by atoms with Crippen molar-refractivity contribution in [1.29, 1.82) is 0 Å². The second-order valence-electron chi connectivity index (χ2n) is 6.43. The Labute approximate surface area is 159 Å². The highest BCUT2D eigenvalue weighted by atomic mass is 32.1. The molecule has 8 heteroatoms. The van der Waals surface area contributed by atoms with Crippen molar-refractivity contribution in [3.63, 3.8) is 0 Å². The van der Waals surface area contributed by atoms with Gasteiger partial charge in [-0.3, -0.25) is 18.8 Å². The topological polar surface area (TPSA) is 101 Å². The minimum absolute atomic E-state index is 0.0306. The first-order valence-electron chi connectivity index (χ1n) is 8.38. The van der Waals surface area contributed by atoms with Crippen LogP contribution in [0.1, 0.15) is 33.4 Å². The molecule has 0 radical (unpaired) electrons. The Morgan fingerprint density at radius 3 is 2.56 bits per heavy atom. The van der Waals surface area contributed by atoms with Crippen LogP contribution in [0.2, 0.25) is 0 Å². The second kappa shape index (κ2) is 7.32. The third kappa shape index (κ3) is 3.75. The Balaban J connectivity index is 1.80. The van der Waals surface area contributed by atoms with Crippen LogP contribution < -0.4 is 10.9 Å². The van der Waals surface area contributed by atoms with E-state index < -0.39 is 23.4 Å². The van der Waals surface area contributed by atoms with Crippen molar-refractivity contribution in [3.05, 3.63) is 62.5 Å². The molecule has 2 N–H and O–H groups in total. The summed E-state index contributed by atoms with van der Waals surface area (Å²) >= 11 is 1.40. The number of benzene rings is 1. The number of anilines is 1. The molecular weight excluding hydrogens is 366 g/mol. The summed E-state index contributed by atoms with van der Waals surface area (Å²) in [5.41, 5.74) is 1.73. The van der Waals surface area contributed by atoms with Gasteiger partial charge in [0.2, 0.25) is 0 Å². The van der Waals surface area contributed by atoms with E-state index in [1.54, 1.807) is 31.2 Å². The van der Waals surface area contributed by atoms with Crippen LogP contribution in [0.15, 0.2) is 35.3 Å². The van der Waals surface area contributed by atoms with Gasteiger partial charge in [0.1, 0.15) is 5.56 Å². The predicted octanol–water partition coefficient (Wildman–Crippen LogP) is 2.89. The molecule has 0 aliphatic rings. The Bertz CT molecular complexity index is 1080. The molecule has 7 nitrogen and oxygen atoms in total. The number of carbonyl (C=O) groups is 2. The highest BCUT2D eigenvalue weighted by Crippen LogP contribution is 2.19. The van der Waals surface area contributed by atoms with E-state index in [1.807, 2.05) is 13.8 Å². The van der Waals surface area contributed by atoms with E-state index in [0.29, 0.717) is 17.1 Å². The van der Waals surface area contributed by atoms with E-state index in [9.17, 15) is 14.4 Å². The molecule has 0 fully saturated rings. The summed E-state index contributed by atoms with van der Waals surface area (Å²) < 4.78 is 1.45. The normalized spacial score (nSPS) is 12.1. The number of carboxylic acids is 1. The fourth-order valence-electron chi connectivity index (χ4n) is 2.70. The molecule has 1 atom stereocenters. The summed E-state index contributed by atoms with van der Waals surface area (Å²) in [5.74, 6) is -1.87. The van der Waals surface area contributed by atoms with Crippen LogP contribution in [0.5, 0.6) is 0 Å². The Morgan fingerprint density at radius 1 is 1.26 bits per heavy atom. The highest BCUT2D eigenvalue weighted by Gasteiger charge is 2.17. The fraction of sp³-hybridized carbons (Fsp3) is 0.263. The molecular formula is C19H19N3O4S. The maximum Gasteiger partial charge on any atom is 0.306 e. The van der Waals surface area contributed by atoms with E-state index in [0.717, 1.165) is 16.1 Å². The van der Waals surface area contributed by atoms with Gasteiger partial charge in [-0.2, -0.15) is 0 Å². The molecule has 2 heterocycles. The first-order chi connectivity index (χ1) is 12.8. The number of aryl methyl sites for hydroxylation is 2. The van der Waals surface area contributed by atoms with Crippen LogP contribution >= 0.6 is 11.3 Å². The molecule has 2 aromatic heterocycles. The van der Waals surface area contributed by atoms with Gasteiger partial charge in [0.15, 0.2) is 4.96 Å². The van der Waals surface area contributed by atoms with Crippen molar-refractivity contribution in [1.82, 2.24) is 9.38 Å². The molecule has 0 spiro atoms. The van der Waals surface area contributed by atoms with Gasteiger partial charge in [-0.1, -0.05) is 19.1 Å². The zero-order chi connectivity index (χ0) is 19.7. The van der Waals surface area contributed by atoms with Crippen LogP contribution in [0, 0.1) is 19.8 Å². The van der Waals surface area contributed by atoms with Crippen LogP contribution in [-0.2, 0) is 11.2 Å². The lowest BCUT2D eigenvalue weighted by Gasteiger charge is -2.08. The van der Waals surface area contributed by atoms with Crippen molar-refractivity contribution in [2.75, 3.05) is 5.32 Å².